The lowest BCUT2D eigenvalue weighted by atomic mass is 10.1. The van der Waals surface area contributed by atoms with Crippen molar-refractivity contribution in [2.24, 2.45) is 0 Å². The summed E-state index contributed by atoms with van der Waals surface area (Å²) >= 11 is 0. The van der Waals surface area contributed by atoms with E-state index in [9.17, 15) is 9.59 Å². The Morgan fingerprint density at radius 1 is 1.27 bits per heavy atom. The predicted octanol–water partition coefficient (Wildman–Crippen LogP) is 1.85. The Balaban J connectivity index is 1.55. The molecular weight excluding hydrogens is 332 g/mol. The van der Waals surface area contributed by atoms with Gasteiger partial charge in [0.2, 0.25) is 0 Å². The van der Waals surface area contributed by atoms with Gasteiger partial charge in [0.1, 0.15) is 11.4 Å². The highest BCUT2D eigenvalue weighted by atomic mass is 16.2. The molecule has 2 aromatic heterocycles. The van der Waals surface area contributed by atoms with Gasteiger partial charge in [0.05, 0.1) is 0 Å². The molecule has 8 nitrogen and oxygen atoms in total. The summed E-state index contributed by atoms with van der Waals surface area (Å²) in [5.41, 5.74) is 2.73. The summed E-state index contributed by atoms with van der Waals surface area (Å²) < 4.78 is 0. The number of aromatic nitrogens is 4. The Labute approximate surface area is 152 Å². The first-order chi connectivity index (χ1) is 12.5. The number of nitrogens with zero attached hydrogens (tertiary/aromatic N) is 3. The minimum Gasteiger partial charge on any atom is -0.346 e. The molecule has 1 aliphatic rings. The molecule has 2 aromatic rings. The average molecular weight is 358 g/mol. The predicted molar refractivity (Wildman–Crippen MR) is 97.0 cm³/mol. The molecule has 0 bridgehead atoms. The summed E-state index contributed by atoms with van der Waals surface area (Å²) in [5.74, 6) is -0.0132. The quantitative estimate of drug-likeness (QED) is 0.732. The molecule has 8 heteroatoms. The Hall–Kier alpha value is -2.64. The van der Waals surface area contributed by atoms with E-state index in [0.717, 1.165) is 30.7 Å². The lowest BCUT2D eigenvalue weighted by Gasteiger charge is -2.15. The highest BCUT2D eigenvalue weighted by Crippen LogP contribution is 2.17. The van der Waals surface area contributed by atoms with Crippen molar-refractivity contribution < 1.29 is 9.59 Å². The molecule has 0 aromatic carbocycles. The highest BCUT2D eigenvalue weighted by Gasteiger charge is 2.29. The Morgan fingerprint density at radius 3 is 2.73 bits per heavy atom. The normalized spacial score (nSPS) is 17.1. The number of carbonyl (C=O) groups is 2. The fourth-order valence-corrected chi connectivity index (χ4v) is 3.10. The van der Waals surface area contributed by atoms with Crippen molar-refractivity contribution in [1.82, 2.24) is 30.6 Å². The standard InChI is InChI=1S/C18H26N6O2/c1-4-5-12-8-15(22-20-12)17(25)19-13-6-7-24(10-13)18(26)16-9-14(11(2)3)21-23-16/h8-9,11,13H,4-7,10H2,1-3H3,(H,19,25)(H,20,22)(H,21,23). The molecule has 3 heterocycles. The molecule has 1 atom stereocenters. The van der Waals surface area contributed by atoms with Crippen LogP contribution in [0.2, 0.25) is 0 Å². The number of amides is 2. The maximum absolute atomic E-state index is 12.6. The molecule has 0 radical (unpaired) electrons. The van der Waals surface area contributed by atoms with Crippen molar-refractivity contribution in [3.8, 4) is 0 Å². The van der Waals surface area contributed by atoms with Crippen LogP contribution in [0, 0.1) is 0 Å². The summed E-state index contributed by atoms with van der Waals surface area (Å²) in [6.45, 7) is 7.26. The lowest BCUT2D eigenvalue weighted by molar-refractivity contribution is 0.0777. The van der Waals surface area contributed by atoms with Crippen LogP contribution in [0.1, 0.15) is 71.9 Å². The number of H-pyrrole nitrogens is 2. The number of nitrogens with one attached hydrogen (secondary N) is 3. The van der Waals surface area contributed by atoms with Crippen molar-refractivity contribution in [3.05, 3.63) is 34.9 Å². The van der Waals surface area contributed by atoms with E-state index >= 15 is 0 Å². The van der Waals surface area contributed by atoms with Crippen LogP contribution in [-0.4, -0.2) is 56.2 Å². The topological polar surface area (TPSA) is 107 Å². The Kier molecular flexibility index (Phi) is 5.39. The van der Waals surface area contributed by atoms with Gasteiger partial charge in [0, 0.05) is 30.5 Å². The summed E-state index contributed by atoms with van der Waals surface area (Å²) in [7, 11) is 0. The number of aryl methyl sites for hydroxylation is 1. The third kappa shape index (κ3) is 3.95. The van der Waals surface area contributed by atoms with Gasteiger partial charge in [-0.25, -0.2) is 0 Å². The molecule has 2 amide bonds. The minimum atomic E-state index is -0.204. The first kappa shape index (κ1) is 18.2. The molecule has 3 rings (SSSR count). The average Bonchev–Trinajstić information content (AvgIpc) is 3.35. The van der Waals surface area contributed by atoms with Gasteiger partial charge in [-0.15, -0.1) is 0 Å². The van der Waals surface area contributed by atoms with Crippen LogP contribution in [0.4, 0.5) is 0 Å². The summed E-state index contributed by atoms with van der Waals surface area (Å²) in [6.07, 6.45) is 2.59. The second-order valence-corrected chi connectivity index (χ2v) is 7.10. The van der Waals surface area contributed by atoms with E-state index in [1.165, 1.54) is 0 Å². The SMILES string of the molecule is CCCc1cc(C(=O)NC2CCN(C(=O)c3cc(C(C)C)[nH]n3)C2)n[nH]1. The van der Waals surface area contributed by atoms with Crippen LogP contribution in [0.3, 0.4) is 0 Å². The molecule has 0 saturated carbocycles. The van der Waals surface area contributed by atoms with Gasteiger partial charge in [0.15, 0.2) is 0 Å². The maximum Gasteiger partial charge on any atom is 0.274 e. The van der Waals surface area contributed by atoms with Crippen molar-refractivity contribution >= 4 is 11.8 Å². The zero-order valence-corrected chi connectivity index (χ0v) is 15.5. The maximum atomic E-state index is 12.6. The van der Waals surface area contributed by atoms with E-state index in [4.69, 9.17) is 0 Å². The van der Waals surface area contributed by atoms with E-state index in [1.54, 1.807) is 17.0 Å². The van der Waals surface area contributed by atoms with Gasteiger partial charge >= 0.3 is 0 Å². The molecule has 1 fully saturated rings. The number of aromatic amines is 2. The van der Waals surface area contributed by atoms with E-state index in [1.807, 2.05) is 13.8 Å². The van der Waals surface area contributed by atoms with Crippen LogP contribution in [0.5, 0.6) is 0 Å². The third-order valence-electron chi connectivity index (χ3n) is 4.63. The summed E-state index contributed by atoms with van der Waals surface area (Å²) in [4.78, 5) is 26.6. The fraction of sp³-hybridized carbons (Fsp3) is 0.556. The molecule has 3 N–H and O–H groups in total. The highest BCUT2D eigenvalue weighted by molar-refractivity contribution is 5.94. The molecule has 0 spiro atoms. The first-order valence-corrected chi connectivity index (χ1v) is 9.17. The number of hydrogen-bond donors (Lipinski definition) is 3. The van der Waals surface area contributed by atoms with Crippen molar-refractivity contribution in [1.29, 1.82) is 0 Å². The molecule has 1 unspecified atom stereocenters. The smallest absolute Gasteiger partial charge is 0.274 e. The third-order valence-corrected chi connectivity index (χ3v) is 4.63. The molecule has 1 aliphatic heterocycles. The van der Waals surface area contributed by atoms with Crippen molar-refractivity contribution in [2.75, 3.05) is 13.1 Å². The fourth-order valence-electron chi connectivity index (χ4n) is 3.10. The van der Waals surface area contributed by atoms with Gasteiger partial charge in [-0.1, -0.05) is 27.2 Å². The second-order valence-electron chi connectivity index (χ2n) is 7.10. The molecule has 140 valence electrons. The zero-order valence-electron chi connectivity index (χ0n) is 15.5. The van der Waals surface area contributed by atoms with Crippen LogP contribution >= 0.6 is 0 Å². The largest absolute Gasteiger partial charge is 0.346 e. The van der Waals surface area contributed by atoms with Crippen LogP contribution in [0.15, 0.2) is 12.1 Å². The van der Waals surface area contributed by atoms with Crippen molar-refractivity contribution in [2.45, 2.75) is 52.0 Å². The molecule has 26 heavy (non-hydrogen) atoms. The van der Waals surface area contributed by atoms with Gasteiger partial charge < -0.3 is 10.2 Å². The van der Waals surface area contributed by atoms with Crippen LogP contribution < -0.4 is 5.32 Å². The number of rotatable bonds is 6. The van der Waals surface area contributed by atoms with Crippen molar-refractivity contribution in [3.63, 3.8) is 0 Å². The number of carbonyl (C=O) groups excluding carboxylic acids is 2. The minimum absolute atomic E-state index is 0.0683. The van der Waals surface area contributed by atoms with E-state index < -0.39 is 0 Å². The van der Waals surface area contributed by atoms with E-state index in [0.29, 0.717) is 30.4 Å². The zero-order chi connectivity index (χ0) is 18.7. The van der Waals surface area contributed by atoms with Gasteiger partial charge in [-0.2, -0.15) is 10.2 Å². The molecule has 1 saturated heterocycles. The van der Waals surface area contributed by atoms with Crippen LogP contribution in [-0.2, 0) is 6.42 Å². The van der Waals surface area contributed by atoms with Gasteiger partial charge in [-0.05, 0) is 30.9 Å². The Bertz CT molecular complexity index is 778. The summed E-state index contributed by atoms with van der Waals surface area (Å²) in [6, 6.07) is 3.52. The number of hydrogen-bond acceptors (Lipinski definition) is 4. The lowest BCUT2D eigenvalue weighted by Crippen LogP contribution is -2.38. The van der Waals surface area contributed by atoms with Gasteiger partial charge in [0.25, 0.3) is 11.8 Å². The first-order valence-electron chi connectivity index (χ1n) is 9.17. The molecular formula is C18H26N6O2. The van der Waals surface area contributed by atoms with Crippen LogP contribution in [0.25, 0.3) is 0 Å². The monoisotopic (exact) mass is 358 g/mol. The van der Waals surface area contributed by atoms with Gasteiger partial charge in [-0.3, -0.25) is 19.8 Å². The second kappa shape index (κ2) is 7.72. The molecule has 0 aliphatic carbocycles. The summed E-state index contributed by atoms with van der Waals surface area (Å²) in [5, 5.41) is 16.9. The van der Waals surface area contributed by atoms with E-state index in [2.05, 4.69) is 32.6 Å². The number of likely N-dealkylation sites (tertiary alicyclic amines) is 1. The Morgan fingerprint density at radius 2 is 2.04 bits per heavy atom. The van der Waals surface area contributed by atoms with E-state index in [-0.39, 0.29) is 17.9 Å².